The minimum atomic E-state index is 0.453. The zero-order chi connectivity index (χ0) is 14.8. The molecule has 20 heavy (non-hydrogen) atoms. The van der Waals surface area contributed by atoms with Gasteiger partial charge in [0.15, 0.2) is 0 Å². The van der Waals surface area contributed by atoms with Crippen molar-refractivity contribution in [3.8, 4) is 0 Å². The molecular weight excluding hydrogens is 248 g/mol. The van der Waals surface area contributed by atoms with Crippen molar-refractivity contribution in [2.24, 2.45) is 5.41 Å². The standard InChI is InChI=1S/C16H28N4/c1-6-13-18-14(17-5)12(2)15(19-13)20-10-7-8-16(3,4)9-11-20/h6-11H2,1-5H3,(H,17,18,19). The predicted molar refractivity (Wildman–Crippen MR) is 85.5 cm³/mol. The van der Waals surface area contributed by atoms with Crippen molar-refractivity contribution in [2.75, 3.05) is 30.4 Å². The molecule has 0 spiro atoms. The SMILES string of the molecule is CCc1nc(NC)c(C)c(N2CCCC(C)(C)CC2)n1. The highest BCUT2D eigenvalue weighted by Crippen LogP contribution is 2.33. The molecule has 4 nitrogen and oxygen atoms in total. The topological polar surface area (TPSA) is 41.1 Å². The number of rotatable bonds is 3. The first-order valence-electron chi connectivity index (χ1n) is 7.77. The predicted octanol–water partition coefficient (Wildman–Crippen LogP) is 3.41. The number of anilines is 2. The molecule has 0 unspecified atom stereocenters. The van der Waals surface area contributed by atoms with Crippen molar-refractivity contribution in [3.05, 3.63) is 11.4 Å². The Hall–Kier alpha value is -1.32. The molecule has 0 saturated carbocycles. The fourth-order valence-corrected chi connectivity index (χ4v) is 2.89. The Morgan fingerprint density at radius 3 is 2.60 bits per heavy atom. The van der Waals surface area contributed by atoms with Crippen LogP contribution in [0.4, 0.5) is 11.6 Å². The summed E-state index contributed by atoms with van der Waals surface area (Å²) >= 11 is 0. The molecule has 0 aliphatic carbocycles. The van der Waals surface area contributed by atoms with Gasteiger partial charge in [-0.3, -0.25) is 0 Å². The Kier molecular flexibility index (Phi) is 4.51. The normalized spacial score (nSPS) is 18.8. The minimum Gasteiger partial charge on any atom is -0.373 e. The molecule has 0 radical (unpaired) electrons. The maximum Gasteiger partial charge on any atom is 0.137 e. The van der Waals surface area contributed by atoms with Gasteiger partial charge in [-0.05, 0) is 31.6 Å². The quantitative estimate of drug-likeness (QED) is 0.918. The van der Waals surface area contributed by atoms with Crippen LogP contribution in [0.3, 0.4) is 0 Å². The summed E-state index contributed by atoms with van der Waals surface area (Å²) in [6, 6.07) is 0. The molecule has 1 N–H and O–H groups in total. The summed E-state index contributed by atoms with van der Waals surface area (Å²) < 4.78 is 0. The van der Waals surface area contributed by atoms with Gasteiger partial charge in [0.05, 0.1) is 0 Å². The molecule has 1 aromatic rings. The van der Waals surface area contributed by atoms with E-state index >= 15 is 0 Å². The molecule has 0 atom stereocenters. The number of aromatic nitrogens is 2. The fourth-order valence-electron chi connectivity index (χ4n) is 2.89. The highest BCUT2D eigenvalue weighted by Gasteiger charge is 2.25. The number of nitrogens with zero attached hydrogens (tertiary/aromatic N) is 3. The highest BCUT2D eigenvalue weighted by atomic mass is 15.2. The Balaban J connectivity index is 2.31. The van der Waals surface area contributed by atoms with Crippen LogP contribution in [0, 0.1) is 12.3 Å². The van der Waals surface area contributed by atoms with Crippen LogP contribution in [-0.2, 0) is 6.42 Å². The van der Waals surface area contributed by atoms with Crippen molar-refractivity contribution in [1.29, 1.82) is 0 Å². The summed E-state index contributed by atoms with van der Waals surface area (Å²) in [6.45, 7) is 11.2. The Morgan fingerprint density at radius 1 is 1.20 bits per heavy atom. The van der Waals surface area contributed by atoms with Crippen molar-refractivity contribution in [3.63, 3.8) is 0 Å². The Labute approximate surface area is 123 Å². The van der Waals surface area contributed by atoms with Crippen LogP contribution in [0.15, 0.2) is 0 Å². The molecule has 1 aliphatic heterocycles. The van der Waals surface area contributed by atoms with E-state index in [9.17, 15) is 0 Å². The molecule has 1 aromatic heterocycles. The van der Waals surface area contributed by atoms with Crippen molar-refractivity contribution in [1.82, 2.24) is 9.97 Å². The van der Waals surface area contributed by atoms with Crippen LogP contribution < -0.4 is 10.2 Å². The van der Waals surface area contributed by atoms with Gasteiger partial charge in [0, 0.05) is 32.1 Å². The van der Waals surface area contributed by atoms with E-state index < -0.39 is 0 Å². The third kappa shape index (κ3) is 3.22. The maximum atomic E-state index is 4.79. The molecular formula is C16H28N4. The van der Waals surface area contributed by atoms with E-state index in [1.165, 1.54) is 24.8 Å². The average Bonchev–Trinajstić information content (AvgIpc) is 2.60. The summed E-state index contributed by atoms with van der Waals surface area (Å²) in [5, 5.41) is 3.20. The van der Waals surface area contributed by atoms with Gasteiger partial charge in [-0.25, -0.2) is 9.97 Å². The van der Waals surface area contributed by atoms with Gasteiger partial charge in [-0.2, -0.15) is 0 Å². The van der Waals surface area contributed by atoms with Crippen LogP contribution >= 0.6 is 0 Å². The number of hydrogen-bond acceptors (Lipinski definition) is 4. The summed E-state index contributed by atoms with van der Waals surface area (Å²) in [5.74, 6) is 3.02. The molecule has 0 aromatic carbocycles. The average molecular weight is 276 g/mol. The van der Waals surface area contributed by atoms with Gasteiger partial charge in [0.25, 0.3) is 0 Å². The molecule has 0 bridgehead atoms. The van der Waals surface area contributed by atoms with Crippen molar-refractivity contribution >= 4 is 11.6 Å². The third-order valence-corrected chi connectivity index (χ3v) is 4.36. The number of hydrogen-bond donors (Lipinski definition) is 1. The molecule has 1 saturated heterocycles. The first-order chi connectivity index (χ1) is 9.46. The zero-order valence-corrected chi connectivity index (χ0v) is 13.6. The number of aryl methyl sites for hydroxylation is 1. The second-order valence-electron chi connectivity index (χ2n) is 6.55. The summed E-state index contributed by atoms with van der Waals surface area (Å²) in [5.41, 5.74) is 1.62. The highest BCUT2D eigenvalue weighted by molar-refractivity contribution is 5.58. The molecule has 2 rings (SSSR count). The Bertz CT molecular complexity index is 468. The Morgan fingerprint density at radius 2 is 1.95 bits per heavy atom. The van der Waals surface area contributed by atoms with E-state index in [0.29, 0.717) is 5.41 Å². The maximum absolute atomic E-state index is 4.79. The lowest BCUT2D eigenvalue weighted by atomic mass is 9.85. The molecule has 112 valence electrons. The van der Waals surface area contributed by atoms with Gasteiger partial charge >= 0.3 is 0 Å². The van der Waals surface area contributed by atoms with Gasteiger partial charge in [0.2, 0.25) is 0 Å². The second kappa shape index (κ2) is 5.98. The molecule has 1 aliphatic rings. The van der Waals surface area contributed by atoms with Crippen molar-refractivity contribution in [2.45, 2.75) is 53.4 Å². The van der Waals surface area contributed by atoms with Crippen molar-refractivity contribution < 1.29 is 0 Å². The van der Waals surface area contributed by atoms with Crippen LogP contribution in [0.25, 0.3) is 0 Å². The minimum absolute atomic E-state index is 0.453. The first kappa shape index (κ1) is 15.1. The van der Waals surface area contributed by atoms with Gasteiger partial charge in [0.1, 0.15) is 17.5 Å². The van der Waals surface area contributed by atoms with Gasteiger partial charge in [-0.1, -0.05) is 20.8 Å². The van der Waals surface area contributed by atoms with E-state index in [0.717, 1.165) is 37.0 Å². The third-order valence-electron chi connectivity index (χ3n) is 4.36. The first-order valence-corrected chi connectivity index (χ1v) is 7.77. The lowest BCUT2D eigenvalue weighted by Gasteiger charge is -2.26. The molecule has 0 amide bonds. The van der Waals surface area contributed by atoms with Crippen LogP contribution in [-0.4, -0.2) is 30.1 Å². The lowest BCUT2D eigenvalue weighted by Crippen LogP contribution is -2.27. The smallest absolute Gasteiger partial charge is 0.137 e. The summed E-state index contributed by atoms with van der Waals surface area (Å²) in [7, 11) is 1.93. The van der Waals surface area contributed by atoms with Crippen LogP contribution in [0.1, 0.15) is 51.4 Å². The van der Waals surface area contributed by atoms with E-state index in [1.807, 2.05) is 7.05 Å². The second-order valence-corrected chi connectivity index (χ2v) is 6.55. The van der Waals surface area contributed by atoms with Gasteiger partial charge < -0.3 is 10.2 Å². The van der Waals surface area contributed by atoms with E-state index in [1.54, 1.807) is 0 Å². The molecule has 2 heterocycles. The lowest BCUT2D eigenvalue weighted by molar-refractivity contribution is 0.325. The fraction of sp³-hybridized carbons (Fsp3) is 0.750. The summed E-state index contributed by atoms with van der Waals surface area (Å²) in [6.07, 6.45) is 4.65. The summed E-state index contributed by atoms with van der Waals surface area (Å²) in [4.78, 5) is 11.8. The van der Waals surface area contributed by atoms with Crippen LogP contribution in [0.2, 0.25) is 0 Å². The van der Waals surface area contributed by atoms with E-state index in [4.69, 9.17) is 4.98 Å². The molecule has 1 fully saturated rings. The van der Waals surface area contributed by atoms with Gasteiger partial charge in [-0.15, -0.1) is 0 Å². The largest absolute Gasteiger partial charge is 0.373 e. The monoisotopic (exact) mass is 276 g/mol. The zero-order valence-electron chi connectivity index (χ0n) is 13.6. The van der Waals surface area contributed by atoms with E-state index in [2.05, 4.69) is 42.9 Å². The van der Waals surface area contributed by atoms with Crippen LogP contribution in [0.5, 0.6) is 0 Å². The van der Waals surface area contributed by atoms with E-state index in [-0.39, 0.29) is 0 Å². The molecule has 4 heteroatoms. The number of nitrogens with one attached hydrogen (secondary N) is 1.